The normalized spacial score (nSPS) is 25.3. The molecule has 0 aromatic carbocycles. The summed E-state index contributed by atoms with van der Waals surface area (Å²) in [6.07, 6.45) is -2.12. The first kappa shape index (κ1) is 11.8. The number of rotatable bonds is 5. The average Bonchev–Trinajstić information content (AvgIpc) is 2.19. The largest absolute Gasteiger partial charge is 0.386 e. The fourth-order valence-corrected chi connectivity index (χ4v) is 1.49. The molecule has 0 saturated carbocycles. The monoisotopic (exact) mass is 209 g/mol. The minimum absolute atomic E-state index is 0.0475. The Morgan fingerprint density at radius 2 is 2.29 bits per heavy atom. The molecule has 1 saturated heterocycles. The number of alkyl halides is 2. The molecule has 0 aliphatic carbocycles. The van der Waals surface area contributed by atoms with Crippen molar-refractivity contribution in [1.82, 2.24) is 5.32 Å². The molecule has 0 aromatic heterocycles. The Hall–Kier alpha value is -0.260. The van der Waals surface area contributed by atoms with E-state index in [0.717, 1.165) is 19.4 Å². The molecule has 3 nitrogen and oxygen atoms in total. The van der Waals surface area contributed by atoms with Crippen molar-refractivity contribution in [3.8, 4) is 0 Å². The third kappa shape index (κ3) is 4.30. The molecular formula is C9H17F2NO2. The fraction of sp³-hybridized carbons (Fsp3) is 1.00. The molecule has 5 heteroatoms. The first-order valence-corrected chi connectivity index (χ1v) is 4.95. The maximum atomic E-state index is 11.9. The molecular weight excluding hydrogens is 192 g/mol. The van der Waals surface area contributed by atoms with Gasteiger partial charge < -0.3 is 15.2 Å². The highest BCUT2D eigenvalue weighted by Crippen LogP contribution is 2.12. The van der Waals surface area contributed by atoms with Gasteiger partial charge >= 0.3 is 0 Å². The number of ether oxygens (including phenoxy) is 1. The van der Waals surface area contributed by atoms with Crippen molar-refractivity contribution in [3.63, 3.8) is 0 Å². The van der Waals surface area contributed by atoms with E-state index in [-0.39, 0.29) is 6.54 Å². The van der Waals surface area contributed by atoms with E-state index in [9.17, 15) is 8.78 Å². The molecule has 2 unspecified atom stereocenters. The van der Waals surface area contributed by atoms with E-state index in [1.54, 1.807) is 0 Å². The predicted molar refractivity (Wildman–Crippen MR) is 48.4 cm³/mol. The molecule has 0 bridgehead atoms. The van der Waals surface area contributed by atoms with Crippen LogP contribution in [-0.4, -0.2) is 43.9 Å². The Kier molecular flexibility index (Phi) is 5.29. The number of aliphatic hydroxyl groups is 1. The first-order valence-electron chi connectivity index (χ1n) is 4.95. The Labute approximate surface area is 82.4 Å². The number of halogens is 2. The van der Waals surface area contributed by atoms with Gasteiger partial charge in [0.15, 0.2) is 0 Å². The molecule has 0 spiro atoms. The molecule has 0 aromatic rings. The zero-order valence-corrected chi connectivity index (χ0v) is 8.09. The topological polar surface area (TPSA) is 41.5 Å². The predicted octanol–water partition coefficient (Wildman–Crippen LogP) is 0.629. The van der Waals surface area contributed by atoms with Gasteiger partial charge in [-0.1, -0.05) is 0 Å². The fourth-order valence-electron chi connectivity index (χ4n) is 1.49. The number of hydrogen-bond acceptors (Lipinski definition) is 3. The van der Waals surface area contributed by atoms with Crippen LogP contribution in [-0.2, 0) is 4.74 Å². The molecule has 2 atom stereocenters. The first-order chi connectivity index (χ1) is 6.70. The number of nitrogens with one attached hydrogen (secondary N) is 1. The Balaban J connectivity index is 2.02. The lowest BCUT2D eigenvalue weighted by Crippen LogP contribution is -2.36. The summed E-state index contributed by atoms with van der Waals surface area (Å²) in [5.74, 6) is 0.397. The van der Waals surface area contributed by atoms with Gasteiger partial charge in [0.05, 0.1) is 6.61 Å². The third-order valence-electron chi connectivity index (χ3n) is 2.33. The van der Waals surface area contributed by atoms with Crippen molar-refractivity contribution >= 4 is 0 Å². The molecule has 2 N–H and O–H groups in total. The van der Waals surface area contributed by atoms with E-state index in [2.05, 4.69) is 5.32 Å². The lowest BCUT2D eigenvalue weighted by atomic mass is 10.0. The van der Waals surface area contributed by atoms with Crippen LogP contribution in [0.4, 0.5) is 8.78 Å². The summed E-state index contributed by atoms with van der Waals surface area (Å²) >= 11 is 0. The minimum atomic E-state index is -2.66. The van der Waals surface area contributed by atoms with Crippen molar-refractivity contribution in [2.45, 2.75) is 25.4 Å². The molecule has 1 fully saturated rings. The van der Waals surface area contributed by atoms with Crippen LogP contribution in [0.2, 0.25) is 0 Å². The van der Waals surface area contributed by atoms with Gasteiger partial charge in [0.2, 0.25) is 0 Å². The van der Waals surface area contributed by atoms with Crippen LogP contribution in [0.15, 0.2) is 0 Å². The van der Waals surface area contributed by atoms with Crippen molar-refractivity contribution in [2.24, 2.45) is 5.92 Å². The number of hydrogen-bond donors (Lipinski definition) is 2. The molecule has 1 rings (SSSR count). The van der Waals surface area contributed by atoms with Crippen LogP contribution < -0.4 is 5.32 Å². The maximum absolute atomic E-state index is 11.9. The molecule has 14 heavy (non-hydrogen) atoms. The Morgan fingerprint density at radius 3 is 2.86 bits per heavy atom. The van der Waals surface area contributed by atoms with Gasteiger partial charge in [-0.05, 0) is 18.8 Å². The Bertz CT molecular complexity index is 152. The van der Waals surface area contributed by atoms with Crippen LogP contribution in [0.5, 0.6) is 0 Å². The molecule has 84 valence electrons. The number of aliphatic hydroxyl groups excluding tert-OH is 1. The van der Waals surface area contributed by atoms with Gasteiger partial charge in [-0.25, -0.2) is 8.78 Å². The zero-order valence-electron chi connectivity index (χ0n) is 8.09. The van der Waals surface area contributed by atoms with Crippen LogP contribution in [0.25, 0.3) is 0 Å². The van der Waals surface area contributed by atoms with E-state index in [1.807, 2.05) is 0 Å². The van der Waals surface area contributed by atoms with Gasteiger partial charge in [0.25, 0.3) is 6.43 Å². The lowest BCUT2D eigenvalue weighted by molar-refractivity contribution is -0.00537. The third-order valence-corrected chi connectivity index (χ3v) is 2.33. The van der Waals surface area contributed by atoms with Crippen LogP contribution in [0, 0.1) is 5.92 Å². The summed E-state index contributed by atoms with van der Waals surface area (Å²) in [6, 6.07) is 0. The van der Waals surface area contributed by atoms with E-state index >= 15 is 0 Å². The van der Waals surface area contributed by atoms with Crippen molar-refractivity contribution < 1.29 is 18.6 Å². The zero-order chi connectivity index (χ0) is 10.4. The standard InChI is InChI=1S/C9H17F2NO2/c10-9(11)8(13)5-12-4-7-2-1-3-14-6-7/h7-9,12-13H,1-6H2. The summed E-state index contributed by atoms with van der Waals surface area (Å²) in [7, 11) is 0. The van der Waals surface area contributed by atoms with E-state index < -0.39 is 12.5 Å². The quantitative estimate of drug-likeness (QED) is 0.697. The van der Waals surface area contributed by atoms with Crippen LogP contribution in [0.1, 0.15) is 12.8 Å². The molecule has 1 heterocycles. The highest BCUT2D eigenvalue weighted by molar-refractivity contribution is 4.68. The second kappa shape index (κ2) is 6.27. The SMILES string of the molecule is OC(CNCC1CCCOC1)C(F)F. The van der Waals surface area contributed by atoms with Gasteiger partial charge in [0, 0.05) is 19.7 Å². The van der Waals surface area contributed by atoms with Gasteiger partial charge in [-0.15, -0.1) is 0 Å². The summed E-state index contributed by atoms with van der Waals surface area (Å²) in [5, 5.41) is 11.6. The second-order valence-corrected chi connectivity index (χ2v) is 3.64. The Morgan fingerprint density at radius 1 is 1.50 bits per heavy atom. The molecule has 0 radical (unpaired) electrons. The molecule has 0 amide bonds. The minimum Gasteiger partial charge on any atom is -0.386 e. The summed E-state index contributed by atoms with van der Waals surface area (Å²) in [6.45, 7) is 2.09. The second-order valence-electron chi connectivity index (χ2n) is 3.64. The molecule has 1 aliphatic heterocycles. The smallest absolute Gasteiger partial charge is 0.265 e. The lowest BCUT2D eigenvalue weighted by Gasteiger charge is -2.22. The summed E-state index contributed by atoms with van der Waals surface area (Å²) < 4.78 is 29.0. The summed E-state index contributed by atoms with van der Waals surface area (Å²) in [5.41, 5.74) is 0. The van der Waals surface area contributed by atoms with Crippen molar-refractivity contribution in [2.75, 3.05) is 26.3 Å². The van der Waals surface area contributed by atoms with E-state index in [1.165, 1.54) is 0 Å². The van der Waals surface area contributed by atoms with E-state index in [0.29, 0.717) is 19.1 Å². The van der Waals surface area contributed by atoms with Crippen molar-refractivity contribution in [3.05, 3.63) is 0 Å². The van der Waals surface area contributed by atoms with E-state index in [4.69, 9.17) is 9.84 Å². The van der Waals surface area contributed by atoms with Gasteiger partial charge in [-0.2, -0.15) is 0 Å². The van der Waals surface area contributed by atoms with Crippen LogP contribution in [0.3, 0.4) is 0 Å². The average molecular weight is 209 g/mol. The highest BCUT2D eigenvalue weighted by atomic mass is 19.3. The molecule has 1 aliphatic rings. The van der Waals surface area contributed by atoms with Gasteiger partial charge in [0.1, 0.15) is 6.10 Å². The van der Waals surface area contributed by atoms with Crippen LogP contribution >= 0.6 is 0 Å². The maximum Gasteiger partial charge on any atom is 0.265 e. The summed E-state index contributed by atoms with van der Waals surface area (Å²) in [4.78, 5) is 0. The highest BCUT2D eigenvalue weighted by Gasteiger charge is 2.18. The van der Waals surface area contributed by atoms with Crippen molar-refractivity contribution in [1.29, 1.82) is 0 Å². The van der Waals surface area contributed by atoms with Gasteiger partial charge in [-0.3, -0.25) is 0 Å².